The first-order chi connectivity index (χ1) is 18.6. The summed E-state index contributed by atoms with van der Waals surface area (Å²) in [5.41, 5.74) is 6.49. The third-order valence-electron chi connectivity index (χ3n) is 7.66. The summed E-state index contributed by atoms with van der Waals surface area (Å²) in [6.07, 6.45) is 4.82. The van der Waals surface area contributed by atoms with E-state index < -0.39 is 0 Å². The Morgan fingerprint density at radius 1 is 0.974 bits per heavy atom. The van der Waals surface area contributed by atoms with Gasteiger partial charge in [0.25, 0.3) is 0 Å². The van der Waals surface area contributed by atoms with Crippen molar-refractivity contribution in [2.75, 3.05) is 51.2 Å². The largest absolute Gasteiger partial charge is 0.395 e. The minimum atomic E-state index is 0.230. The van der Waals surface area contributed by atoms with Gasteiger partial charge < -0.3 is 10.4 Å². The zero-order chi connectivity index (χ0) is 26.1. The van der Waals surface area contributed by atoms with Crippen LogP contribution in [0.1, 0.15) is 24.1 Å². The lowest BCUT2D eigenvalue weighted by atomic mass is 9.85. The van der Waals surface area contributed by atoms with Crippen LogP contribution < -0.4 is 5.32 Å². The van der Waals surface area contributed by atoms with E-state index in [1.165, 1.54) is 0 Å². The molecule has 0 bridgehead atoms. The average Bonchev–Trinajstić information content (AvgIpc) is 3.52. The van der Waals surface area contributed by atoms with E-state index in [1.54, 1.807) is 0 Å². The molecule has 198 valence electrons. The summed E-state index contributed by atoms with van der Waals surface area (Å²) in [5.74, 6) is 1.57. The Balaban J connectivity index is 1.18. The Kier molecular flexibility index (Phi) is 6.92. The molecule has 1 aliphatic heterocycles. The standard InChI is InChI=1S/C28H35N9O/c1-20-18-23-25(27(34(2)32-23)21-6-4-3-5-7-21)26-22(20)19-29-28(31-26)30-24-8-9-37(33-24)15-14-35-10-12-36(13-11-35)16-17-38/h3-9,19-20,38H,10-18H2,1-2H3,(H,29,30,31,33)/t20-/m1/s1. The van der Waals surface area contributed by atoms with Crippen molar-refractivity contribution in [3.05, 3.63) is 60.0 Å². The minimum Gasteiger partial charge on any atom is -0.395 e. The molecule has 1 aliphatic carbocycles. The maximum absolute atomic E-state index is 9.13. The zero-order valence-corrected chi connectivity index (χ0v) is 22.1. The number of rotatable bonds is 8. The Hall–Kier alpha value is -3.60. The number of benzene rings is 1. The van der Waals surface area contributed by atoms with Crippen molar-refractivity contribution in [1.82, 2.24) is 39.3 Å². The van der Waals surface area contributed by atoms with Crippen LogP contribution in [0.25, 0.3) is 22.5 Å². The average molecular weight is 514 g/mol. The smallest absolute Gasteiger partial charge is 0.228 e. The van der Waals surface area contributed by atoms with Crippen molar-refractivity contribution in [1.29, 1.82) is 0 Å². The van der Waals surface area contributed by atoms with Crippen molar-refractivity contribution in [3.8, 4) is 22.5 Å². The highest BCUT2D eigenvalue weighted by atomic mass is 16.3. The van der Waals surface area contributed by atoms with Crippen LogP contribution in [-0.4, -0.2) is 90.3 Å². The maximum Gasteiger partial charge on any atom is 0.228 e. The second-order valence-corrected chi connectivity index (χ2v) is 10.3. The molecule has 10 nitrogen and oxygen atoms in total. The first kappa shape index (κ1) is 24.7. The summed E-state index contributed by atoms with van der Waals surface area (Å²) in [7, 11) is 2.01. The van der Waals surface area contributed by atoms with Crippen LogP contribution in [0, 0.1) is 0 Å². The first-order valence-electron chi connectivity index (χ1n) is 13.4. The molecule has 0 spiro atoms. The quantitative estimate of drug-likeness (QED) is 0.371. The number of aliphatic hydroxyl groups excluding tert-OH is 1. The molecule has 10 heteroatoms. The molecule has 0 amide bonds. The van der Waals surface area contributed by atoms with Gasteiger partial charge >= 0.3 is 0 Å². The van der Waals surface area contributed by atoms with E-state index in [1.807, 2.05) is 40.9 Å². The number of piperazine rings is 1. The second-order valence-electron chi connectivity index (χ2n) is 10.3. The van der Waals surface area contributed by atoms with Crippen LogP contribution in [0.15, 0.2) is 48.8 Å². The third kappa shape index (κ3) is 4.94. The summed E-state index contributed by atoms with van der Waals surface area (Å²) < 4.78 is 3.95. The molecule has 4 heterocycles. The number of fused-ring (bicyclic) bond motifs is 3. The Labute approximate surface area is 222 Å². The van der Waals surface area contributed by atoms with Gasteiger partial charge in [-0.25, -0.2) is 9.97 Å². The monoisotopic (exact) mass is 513 g/mol. The zero-order valence-electron chi connectivity index (χ0n) is 22.1. The van der Waals surface area contributed by atoms with Crippen molar-refractivity contribution in [2.24, 2.45) is 7.05 Å². The topological polar surface area (TPSA) is 100 Å². The normalized spacial score (nSPS) is 17.8. The number of hydrogen-bond acceptors (Lipinski definition) is 8. The van der Waals surface area contributed by atoms with Crippen LogP contribution >= 0.6 is 0 Å². The maximum atomic E-state index is 9.13. The fourth-order valence-corrected chi connectivity index (χ4v) is 5.60. The number of nitrogens with one attached hydrogen (secondary N) is 1. The molecule has 0 unspecified atom stereocenters. The first-order valence-corrected chi connectivity index (χ1v) is 13.4. The predicted molar refractivity (Wildman–Crippen MR) is 147 cm³/mol. The Morgan fingerprint density at radius 3 is 2.50 bits per heavy atom. The van der Waals surface area contributed by atoms with E-state index in [2.05, 4.69) is 51.3 Å². The van der Waals surface area contributed by atoms with Gasteiger partial charge in [-0.05, 0) is 12.3 Å². The number of β-amino-alcohol motifs (C(OH)–C–C–N with tert-alkyl or cyclic N) is 1. The van der Waals surface area contributed by atoms with Gasteiger partial charge in [-0.15, -0.1) is 0 Å². The van der Waals surface area contributed by atoms with E-state index in [0.717, 1.165) is 91.8 Å². The lowest BCUT2D eigenvalue weighted by Gasteiger charge is -2.34. The molecule has 0 saturated carbocycles. The Bertz CT molecular complexity index is 1390. The van der Waals surface area contributed by atoms with Gasteiger partial charge in [0, 0.05) is 81.5 Å². The van der Waals surface area contributed by atoms with Gasteiger partial charge in [0.2, 0.25) is 5.95 Å². The second kappa shape index (κ2) is 10.6. The number of anilines is 2. The SMILES string of the molecule is C[C@@H]1Cc2nn(C)c(-c3ccccc3)c2-c2nc(Nc3ccn(CCN4CCN(CCO)CC4)n3)ncc21. The van der Waals surface area contributed by atoms with Gasteiger partial charge in [0.15, 0.2) is 5.82 Å². The molecule has 6 rings (SSSR count). The molecule has 3 aromatic heterocycles. The molecular formula is C28H35N9O. The Morgan fingerprint density at radius 2 is 1.74 bits per heavy atom. The highest BCUT2D eigenvalue weighted by Gasteiger charge is 2.30. The van der Waals surface area contributed by atoms with Crippen molar-refractivity contribution in [2.45, 2.75) is 25.8 Å². The van der Waals surface area contributed by atoms with Crippen LogP contribution in [0.4, 0.5) is 11.8 Å². The number of nitrogens with zero attached hydrogens (tertiary/aromatic N) is 8. The number of hydrogen-bond donors (Lipinski definition) is 2. The highest BCUT2D eigenvalue weighted by Crippen LogP contribution is 2.43. The van der Waals surface area contributed by atoms with E-state index >= 15 is 0 Å². The summed E-state index contributed by atoms with van der Waals surface area (Å²) in [6.45, 7) is 9.04. The molecule has 38 heavy (non-hydrogen) atoms. The summed E-state index contributed by atoms with van der Waals surface area (Å²) in [4.78, 5) is 14.4. The minimum absolute atomic E-state index is 0.230. The highest BCUT2D eigenvalue weighted by molar-refractivity contribution is 5.84. The van der Waals surface area contributed by atoms with Crippen LogP contribution in [0.5, 0.6) is 0 Å². The molecule has 1 aromatic carbocycles. The lowest BCUT2D eigenvalue weighted by Crippen LogP contribution is -2.47. The molecule has 1 fully saturated rings. The molecule has 2 aliphatic rings. The van der Waals surface area contributed by atoms with Crippen LogP contribution in [0.2, 0.25) is 0 Å². The molecule has 4 aromatic rings. The van der Waals surface area contributed by atoms with Gasteiger partial charge in [0.05, 0.1) is 30.2 Å². The molecular weight excluding hydrogens is 478 g/mol. The van der Waals surface area contributed by atoms with E-state index in [4.69, 9.17) is 20.3 Å². The van der Waals surface area contributed by atoms with Crippen molar-refractivity contribution in [3.63, 3.8) is 0 Å². The molecule has 1 atom stereocenters. The fraction of sp³-hybridized carbons (Fsp3) is 0.429. The lowest BCUT2D eigenvalue weighted by molar-refractivity contribution is 0.109. The van der Waals surface area contributed by atoms with E-state index in [0.29, 0.717) is 11.9 Å². The van der Waals surface area contributed by atoms with E-state index in [-0.39, 0.29) is 6.61 Å². The van der Waals surface area contributed by atoms with Gasteiger partial charge in [-0.1, -0.05) is 37.3 Å². The van der Waals surface area contributed by atoms with Crippen molar-refractivity contribution < 1.29 is 5.11 Å². The molecule has 1 saturated heterocycles. The van der Waals surface area contributed by atoms with Crippen molar-refractivity contribution >= 4 is 11.8 Å². The molecule has 2 N–H and O–H groups in total. The van der Waals surface area contributed by atoms with Gasteiger partial charge in [-0.2, -0.15) is 10.2 Å². The summed E-state index contributed by atoms with van der Waals surface area (Å²) in [6, 6.07) is 12.4. The summed E-state index contributed by atoms with van der Waals surface area (Å²) >= 11 is 0. The molecule has 0 radical (unpaired) electrons. The fourth-order valence-electron chi connectivity index (χ4n) is 5.60. The third-order valence-corrected chi connectivity index (χ3v) is 7.66. The van der Waals surface area contributed by atoms with Gasteiger partial charge in [-0.3, -0.25) is 19.2 Å². The van der Waals surface area contributed by atoms with Crippen LogP contribution in [-0.2, 0) is 20.0 Å². The van der Waals surface area contributed by atoms with E-state index in [9.17, 15) is 0 Å². The number of aromatic nitrogens is 6. The van der Waals surface area contributed by atoms with Crippen LogP contribution in [0.3, 0.4) is 0 Å². The predicted octanol–water partition coefficient (Wildman–Crippen LogP) is 2.75. The van der Waals surface area contributed by atoms with Gasteiger partial charge in [0.1, 0.15) is 0 Å². The number of aliphatic hydroxyl groups is 1. The number of aryl methyl sites for hydroxylation is 1. The summed E-state index contributed by atoms with van der Waals surface area (Å²) in [5, 5.41) is 22.0.